The van der Waals surface area contributed by atoms with E-state index in [0.29, 0.717) is 8.95 Å². The van der Waals surface area contributed by atoms with Gasteiger partial charge in [0.15, 0.2) is 0 Å². The van der Waals surface area contributed by atoms with Crippen LogP contribution in [-0.4, -0.2) is 16.2 Å². The standard InChI is InChI=1S/C6HBr5O.C2H4O2.La/c7-1-2(8)4(10)6(12)5(11)3(1)9;1-2(3)4;/h12H;1H3,(H,3,4);. The van der Waals surface area contributed by atoms with E-state index in [1.54, 1.807) is 0 Å². The van der Waals surface area contributed by atoms with Crippen LogP contribution in [0.5, 0.6) is 5.75 Å². The maximum atomic E-state index is 9.52. The Morgan fingerprint density at radius 2 is 1.06 bits per heavy atom. The molecular weight excluding hydrogens is 683 g/mol. The second-order valence-corrected chi connectivity index (χ2v) is 6.40. The number of phenolic OH excluding ortho intramolecular Hbond substituents is 1. The van der Waals surface area contributed by atoms with Crippen LogP contribution in [0.2, 0.25) is 0 Å². The van der Waals surface area contributed by atoms with Crippen molar-refractivity contribution in [1.29, 1.82) is 0 Å². The Balaban J connectivity index is 0. The number of hydrogen-bond acceptors (Lipinski definition) is 2. The number of hydrogen-bond donors (Lipinski definition) is 2. The van der Waals surface area contributed by atoms with E-state index in [0.717, 1.165) is 20.3 Å². The van der Waals surface area contributed by atoms with Crippen molar-refractivity contribution in [3.05, 3.63) is 22.4 Å². The molecule has 1 aromatic carbocycles. The van der Waals surface area contributed by atoms with Crippen molar-refractivity contribution < 1.29 is 50.6 Å². The summed E-state index contributed by atoms with van der Waals surface area (Å²) in [5.41, 5.74) is 0. The number of aliphatic carboxylic acids is 1. The first-order valence-corrected chi connectivity index (χ1v) is 7.56. The minimum Gasteiger partial charge on any atom is -0.505 e. The van der Waals surface area contributed by atoms with E-state index in [9.17, 15) is 5.11 Å². The SMILES string of the molecule is CC(=O)O.Oc1c(Br)c(Br)c(Br)c(Br)c1Br.[La]. The fourth-order valence-corrected chi connectivity index (χ4v) is 3.62. The molecule has 1 rings (SSSR count). The molecule has 0 atom stereocenters. The number of carboxylic acids is 1. The van der Waals surface area contributed by atoms with Gasteiger partial charge in [0.25, 0.3) is 5.97 Å². The molecule has 1 radical (unpaired) electrons. The molecule has 0 saturated carbocycles. The van der Waals surface area contributed by atoms with Crippen LogP contribution in [0.25, 0.3) is 0 Å². The molecule has 0 saturated heterocycles. The van der Waals surface area contributed by atoms with E-state index in [-0.39, 0.29) is 41.3 Å². The van der Waals surface area contributed by atoms with Crippen LogP contribution in [0.3, 0.4) is 0 Å². The molecule has 0 aliphatic carbocycles. The van der Waals surface area contributed by atoms with Gasteiger partial charge >= 0.3 is 0 Å². The normalized spacial score (nSPS) is 8.82. The zero-order valence-electron chi connectivity index (χ0n) is 8.27. The molecule has 17 heavy (non-hydrogen) atoms. The Kier molecular flexibility index (Phi) is 12.5. The molecule has 2 N–H and O–H groups in total. The number of rotatable bonds is 0. The van der Waals surface area contributed by atoms with Crippen LogP contribution in [0.1, 0.15) is 6.92 Å². The number of carboxylic acid groups (broad SMARTS) is 1. The molecule has 0 aromatic heterocycles. The van der Waals surface area contributed by atoms with Gasteiger partial charge in [-0.3, -0.25) is 4.79 Å². The molecule has 0 aliphatic heterocycles. The minimum atomic E-state index is -0.833. The molecule has 0 amide bonds. The largest absolute Gasteiger partial charge is 0.505 e. The summed E-state index contributed by atoms with van der Waals surface area (Å²) < 4.78 is 3.62. The van der Waals surface area contributed by atoms with Crippen molar-refractivity contribution in [2.45, 2.75) is 6.92 Å². The maximum absolute atomic E-state index is 9.52. The number of benzene rings is 1. The van der Waals surface area contributed by atoms with Crippen molar-refractivity contribution in [3.63, 3.8) is 0 Å². The van der Waals surface area contributed by atoms with Gasteiger partial charge in [0, 0.05) is 47.0 Å². The fourth-order valence-electron chi connectivity index (χ4n) is 0.593. The summed E-state index contributed by atoms with van der Waals surface area (Å²) in [5.74, 6) is -0.669. The second-order valence-electron chi connectivity index (χ2n) is 2.44. The summed E-state index contributed by atoms with van der Waals surface area (Å²) in [5, 5.41) is 16.9. The summed E-state index contributed by atoms with van der Waals surface area (Å²) in [6.45, 7) is 1.08. The second kappa shape index (κ2) is 9.91. The van der Waals surface area contributed by atoms with Gasteiger partial charge in [0.05, 0.1) is 17.9 Å². The smallest absolute Gasteiger partial charge is 0.300 e. The van der Waals surface area contributed by atoms with Gasteiger partial charge in [-0.1, -0.05) is 0 Å². The summed E-state index contributed by atoms with van der Waals surface area (Å²) in [4.78, 5) is 9.00. The van der Waals surface area contributed by atoms with E-state index < -0.39 is 5.97 Å². The molecular formula is C8H5Br5LaO3. The monoisotopic (exact) mass is 683 g/mol. The topological polar surface area (TPSA) is 57.5 Å². The summed E-state index contributed by atoms with van der Waals surface area (Å²) >= 11 is 16.4. The number of phenols is 1. The maximum Gasteiger partial charge on any atom is 0.300 e. The number of halogens is 5. The third-order valence-corrected chi connectivity index (χ3v) is 7.24. The summed E-state index contributed by atoms with van der Waals surface area (Å²) in [7, 11) is 0. The van der Waals surface area contributed by atoms with E-state index >= 15 is 0 Å². The molecule has 0 heterocycles. The fraction of sp³-hybridized carbons (Fsp3) is 0.125. The molecule has 3 nitrogen and oxygen atoms in total. The van der Waals surface area contributed by atoms with E-state index in [4.69, 9.17) is 9.90 Å². The minimum absolute atomic E-state index is 0. The van der Waals surface area contributed by atoms with E-state index in [1.165, 1.54) is 0 Å². The Morgan fingerprint density at radius 1 is 0.882 bits per heavy atom. The van der Waals surface area contributed by atoms with Crippen LogP contribution in [0.4, 0.5) is 0 Å². The average Bonchev–Trinajstić information content (AvgIpc) is 2.20. The first-order valence-electron chi connectivity index (χ1n) is 3.60. The van der Waals surface area contributed by atoms with E-state index in [2.05, 4.69) is 79.6 Å². The van der Waals surface area contributed by atoms with Crippen LogP contribution in [0.15, 0.2) is 22.4 Å². The molecule has 0 fully saturated rings. The Morgan fingerprint density at radius 3 is 1.29 bits per heavy atom. The van der Waals surface area contributed by atoms with Crippen molar-refractivity contribution >= 4 is 85.6 Å². The molecule has 9 heteroatoms. The third kappa shape index (κ3) is 6.88. The van der Waals surface area contributed by atoms with Crippen molar-refractivity contribution in [2.75, 3.05) is 0 Å². The number of carbonyl (C=O) groups is 1. The molecule has 0 bridgehead atoms. The molecule has 0 spiro atoms. The van der Waals surface area contributed by atoms with Crippen molar-refractivity contribution in [3.8, 4) is 5.75 Å². The Bertz CT molecular complexity index is 315. The van der Waals surface area contributed by atoms with Gasteiger partial charge in [0.1, 0.15) is 5.75 Å². The number of aromatic hydroxyl groups is 1. The molecule has 1 aromatic rings. The molecule has 0 aliphatic rings. The third-order valence-electron chi connectivity index (χ3n) is 1.19. The zero-order chi connectivity index (χ0) is 13.0. The van der Waals surface area contributed by atoms with Crippen molar-refractivity contribution in [1.82, 2.24) is 0 Å². The van der Waals surface area contributed by atoms with E-state index in [1.807, 2.05) is 0 Å². The summed E-state index contributed by atoms with van der Waals surface area (Å²) in [6, 6.07) is 0. The van der Waals surface area contributed by atoms with Gasteiger partial charge in [-0.05, 0) is 79.6 Å². The first kappa shape index (κ1) is 21.4. The van der Waals surface area contributed by atoms with Crippen LogP contribution < -0.4 is 0 Å². The van der Waals surface area contributed by atoms with Gasteiger partial charge in [0.2, 0.25) is 0 Å². The predicted octanol–water partition coefficient (Wildman–Crippen LogP) is 5.30. The van der Waals surface area contributed by atoms with Crippen LogP contribution in [-0.2, 0) is 4.79 Å². The summed E-state index contributed by atoms with van der Waals surface area (Å²) in [6.07, 6.45) is 0. The first-order chi connectivity index (χ1) is 7.20. The van der Waals surface area contributed by atoms with Gasteiger partial charge < -0.3 is 10.2 Å². The van der Waals surface area contributed by atoms with Crippen molar-refractivity contribution in [2.24, 2.45) is 0 Å². The van der Waals surface area contributed by atoms with Gasteiger partial charge in [-0.2, -0.15) is 0 Å². The van der Waals surface area contributed by atoms with Crippen LogP contribution >= 0.6 is 79.6 Å². The Hall–Kier alpha value is 2.08. The zero-order valence-corrected chi connectivity index (χ0v) is 19.8. The van der Waals surface area contributed by atoms with Gasteiger partial charge in [-0.15, -0.1) is 0 Å². The average molecular weight is 688 g/mol. The Labute approximate surface area is 168 Å². The molecule has 93 valence electrons. The van der Waals surface area contributed by atoms with Crippen LogP contribution in [0, 0.1) is 35.6 Å². The quantitative estimate of drug-likeness (QED) is 0.288. The predicted molar refractivity (Wildman–Crippen MR) is 79.9 cm³/mol. The van der Waals surface area contributed by atoms with Gasteiger partial charge in [-0.25, -0.2) is 0 Å². The molecule has 0 unspecified atom stereocenters.